The summed E-state index contributed by atoms with van der Waals surface area (Å²) < 4.78 is 11.2. The van der Waals surface area contributed by atoms with Crippen LogP contribution in [0.2, 0.25) is 0 Å². The third-order valence-electron chi connectivity index (χ3n) is 1.95. The van der Waals surface area contributed by atoms with Crippen molar-refractivity contribution < 1.29 is 9.15 Å². The molecular formula is C12H9BrNO2. The fraction of sp³-hybridized carbons (Fsp3) is 0.0833. The van der Waals surface area contributed by atoms with Crippen molar-refractivity contribution in [3.05, 3.63) is 46.8 Å². The zero-order valence-corrected chi connectivity index (χ0v) is 10.2. The lowest BCUT2D eigenvalue weighted by molar-refractivity contribution is 0.416. The smallest absolute Gasteiger partial charge is 0.154 e. The SMILES string of the molecule is COc1ccc(Br)cc1/N=[C]\c1ccco1. The van der Waals surface area contributed by atoms with Gasteiger partial charge >= 0.3 is 0 Å². The van der Waals surface area contributed by atoms with Crippen molar-refractivity contribution in [3.63, 3.8) is 0 Å². The summed E-state index contributed by atoms with van der Waals surface area (Å²) in [6.07, 6.45) is 4.38. The van der Waals surface area contributed by atoms with E-state index >= 15 is 0 Å². The van der Waals surface area contributed by atoms with E-state index in [1.807, 2.05) is 18.2 Å². The number of halogens is 1. The maximum absolute atomic E-state index is 5.19. The topological polar surface area (TPSA) is 34.7 Å². The molecule has 0 fully saturated rings. The zero-order valence-electron chi connectivity index (χ0n) is 8.61. The molecule has 1 radical (unpaired) electrons. The summed E-state index contributed by atoms with van der Waals surface area (Å²) in [4.78, 5) is 4.18. The minimum atomic E-state index is 0.585. The van der Waals surface area contributed by atoms with Crippen LogP contribution in [0.4, 0.5) is 5.69 Å². The largest absolute Gasteiger partial charge is 0.494 e. The normalized spacial score (nSPS) is 10.9. The molecule has 16 heavy (non-hydrogen) atoms. The summed E-state index contributed by atoms with van der Waals surface area (Å²) >= 11 is 3.38. The first-order valence-electron chi connectivity index (χ1n) is 4.63. The van der Waals surface area contributed by atoms with Gasteiger partial charge < -0.3 is 9.15 Å². The van der Waals surface area contributed by atoms with Crippen molar-refractivity contribution in [2.75, 3.05) is 7.11 Å². The predicted molar refractivity (Wildman–Crippen MR) is 65.6 cm³/mol. The van der Waals surface area contributed by atoms with Gasteiger partial charge in [0, 0.05) is 4.47 Å². The standard InChI is InChI=1S/C12H9BrNO2/c1-15-12-5-4-9(13)7-11(12)14-8-10-3-2-6-16-10/h2-7H,1H3. The number of furan rings is 1. The molecule has 0 unspecified atom stereocenters. The third kappa shape index (κ3) is 2.52. The van der Waals surface area contributed by atoms with Gasteiger partial charge in [-0.1, -0.05) is 15.9 Å². The van der Waals surface area contributed by atoms with Gasteiger partial charge in [-0.15, -0.1) is 0 Å². The van der Waals surface area contributed by atoms with Crippen molar-refractivity contribution >= 4 is 27.8 Å². The van der Waals surface area contributed by atoms with E-state index in [0.29, 0.717) is 17.2 Å². The van der Waals surface area contributed by atoms with E-state index in [4.69, 9.17) is 9.15 Å². The summed E-state index contributed by atoms with van der Waals surface area (Å²) in [6, 6.07) is 9.16. The average Bonchev–Trinajstić information content (AvgIpc) is 2.79. The number of hydrogen-bond acceptors (Lipinski definition) is 3. The van der Waals surface area contributed by atoms with Crippen molar-refractivity contribution in [2.24, 2.45) is 4.99 Å². The first kappa shape index (κ1) is 11.0. The molecule has 0 saturated heterocycles. The van der Waals surface area contributed by atoms with Crippen LogP contribution < -0.4 is 4.74 Å². The molecule has 0 aliphatic carbocycles. The van der Waals surface area contributed by atoms with Crippen LogP contribution >= 0.6 is 15.9 Å². The fourth-order valence-corrected chi connectivity index (χ4v) is 1.56. The Hall–Kier alpha value is -1.55. The summed E-state index contributed by atoms with van der Waals surface area (Å²) in [7, 11) is 1.61. The summed E-state index contributed by atoms with van der Waals surface area (Å²) in [6.45, 7) is 0. The van der Waals surface area contributed by atoms with E-state index < -0.39 is 0 Å². The highest BCUT2D eigenvalue weighted by molar-refractivity contribution is 9.10. The Morgan fingerprint density at radius 1 is 1.38 bits per heavy atom. The van der Waals surface area contributed by atoms with Gasteiger partial charge in [0.05, 0.1) is 13.4 Å². The summed E-state index contributed by atoms with van der Waals surface area (Å²) in [5.74, 6) is 1.28. The van der Waals surface area contributed by atoms with Crippen LogP contribution in [0.1, 0.15) is 5.76 Å². The highest BCUT2D eigenvalue weighted by atomic mass is 79.9. The van der Waals surface area contributed by atoms with E-state index in [9.17, 15) is 0 Å². The number of benzene rings is 1. The molecule has 1 aromatic carbocycles. The molecule has 0 aliphatic rings. The lowest BCUT2D eigenvalue weighted by Crippen LogP contribution is -1.83. The number of methoxy groups -OCH3 is 1. The monoisotopic (exact) mass is 278 g/mol. The molecule has 4 heteroatoms. The Labute approximate surface area is 102 Å². The maximum Gasteiger partial charge on any atom is 0.154 e. The van der Waals surface area contributed by atoms with Gasteiger partial charge in [-0.2, -0.15) is 0 Å². The van der Waals surface area contributed by atoms with Gasteiger partial charge in [0.15, 0.2) is 5.76 Å². The highest BCUT2D eigenvalue weighted by Crippen LogP contribution is 2.30. The van der Waals surface area contributed by atoms with E-state index in [1.165, 1.54) is 0 Å². The van der Waals surface area contributed by atoms with Crippen LogP contribution in [-0.4, -0.2) is 13.3 Å². The second-order valence-corrected chi connectivity index (χ2v) is 3.93. The Balaban J connectivity index is 2.29. The van der Waals surface area contributed by atoms with Crippen molar-refractivity contribution in [2.45, 2.75) is 0 Å². The molecular weight excluding hydrogens is 270 g/mol. The fourth-order valence-electron chi connectivity index (χ4n) is 1.21. The number of ether oxygens (including phenoxy) is 1. The highest BCUT2D eigenvalue weighted by Gasteiger charge is 2.01. The van der Waals surface area contributed by atoms with Crippen LogP contribution in [0, 0.1) is 0 Å². The van der Waals surface area contributed by atoms with Crippen molar-refractivity contribution in [1.82, 2.24) is 0 Å². The van der Waals surface area contributed by atoms with Crippen LogP contribution in [0.3, 0.4) is 0 Å². The lowest BCUT2D eigenvalue weighted by Gasteiger charge is -2.03. The Kier molecular flexibility index (Phi) is 3.41. The van der Waals surface area contributed by atoms with E-state index in [1.54, 1.807) is 25.5 Å². The number of aliphatic imine (C=N–C) groups is 1. The number of nitrogens with zero attached hydrogens (tertiary/aromatic N) is 1. The van der Waals surface area contributed by atoms with E-state index in [-0.39, 0.29) is 0 Å². The van der Waals surface area contributed by atoms with Gasteiger partial charge in [0.25, 0.3) is 0 Å². The molecule has 81 valence electrons. The van der Waals surface area contributed by atoms with Gasteiger partial charge in [-0.05, 0) is 30.3 Å². The minimum Gasteiger partial charge on any atom is -0.494 e. The van der Waals surface area contributed by atoms with Crippen molar-refractivity contribution in [1.29, 1.82) is 0 Å². The molecule has 0 spiro atoms. The first-order chi connectivity index (χ1) is 7.79. The van der Waals surface area contributed by atoms with Crippen LogP contribution in [-0.2, 0) is 0 Å². The van der Waals surface area contributed by atoms with Gasteiger partial charge in [-0.25, -0.2) is 4.99 Å². The molecule has 0 N–H and O–H groups in total. The zero-order chi connectivity index (χ0) is 11.4. The molecule has 2 aromatic rings. The molecule has 0 atom stereocenters. The second-order valence-electron chi connectivity index (χ2n) is 3.02. The average molecular weight is 279 g/mol. The molecule has 0 aliphatic heterocycles. The third-order valence-corrected chi connectivity index (χ3v) is 2.44. The van der Waals surface area contributed by atoms with Gasteiger partial charge in [0.2, 0.25) is 0 Å². The van der Waals surface area contributed by atoms with Crippen LogP contribution in [0.5, 0.6) is 5.75 Å². The maximum atomic E-state index is 5.19. The lowest BCUT2D eigenvalue weighted by atomic mass is 10.3. The van der Waals surface area contributed by atoms with Gasteiger partial charge in [-0.3, -0.25) is 0 Å². The molecule has 0 bridgehead atoms. The Bertz CT molecular complexity index is 492. The molecule has 1 aromatic heterocycles. The molecule has 1 heterocycles. The van der Waals surface area contributed by atoms with E-state index in [0.717, 1.165) is 4.47 Å². The summed E-state index contributed by atoms with van der Waals surface area (Å²) in [5.41, 5.74) is 0.702. The van der Waals surface area contributed by atoms with E-state index in [2.05, 4.69) is 27.1 Å². The van der Waals surface area contributed by atoms with Crippen molar-refractivity contribution in [3.8, 4) is 5.75 Å². The van der Waals surface area contributed by atoms with Crippen LogP contribution in [0.15, 0.2) is 50.5 Å². The minimum absolute atomic E-state index is 0.585. The predicted octanol–water partition coefficient (Wildman–Crippen LogP) is 3.68. The molecule has 3 nitrogen and oxygen atoms in total. The van der Waals surface area contributed by atoms with Crippen LogP contribution in [0.25, 0.3) is 0 Å². The second kappa shape index (κ2) is 4.99. The Morgan fingerprint density at radius 3 is 2.94 bits per heavy atom. The molecule has 0 amide bonds. The molecule has 0 saturated carbocycles. The first-order valence-corrected chi connectivity index (χ1v) is 5.42. The quantitative estimate of drug-likeness (QED) is 0.803. The number of hydrogen-bond donors (Lipinski definition) is 0. The molecule has 2 rings (SSSR count). The Morgan fingerprint density at radius 2 is 2.25 bits per heavy atom. The number of rotatable bonds is 3. The van der Waals surface area contributed by atoms with Gasteiger partial charge in [0.1, 0.15) is 17.7 Å². The summed E-state index contributed by atoms with van der Waals surface area (Å²) in [5, 5.41) is 0.